The number of halogens is 1. The molecule has 1 atom stereocenters. The summed E-state index contributed by atoms with van der Waals surface area (Å²) in [5, 5.41) is 5.68. The van der Waals surface area contributed by atoms with Gasteiger partial charge in [-0.25, -0.2) is 0 Å². The maximum atomic E-state index is 4.38. The second-order valence-electron chi connectivity index (χ2n) is 4.10. The van der Waals surface area contributed by atoms with Crippen LogP contribution in [0.4, 0.5) is 0 Å². The lowest BCUT2D eigenvalue weighted by atomic mass is 10.1. The van der Waals surface area contributed by atoms with Crippen molar-refractivity contribution in [3.63, 3.8) is 0 Å². The van der Waals surface area contributed by atoms with Crippen molar-refractivity contribution in [2.75, 3.05) is 6.54 Å². The fourth-order valence-corrected chi connectivity index (χ4v) is 3.73. The van der Waals surface area contributed by atoms with E-state index < -0.39 is 0 Å². The van der Waals surface area contributed by atoms with E-state index in [4.69, 9.17) is 0 Å². The number of nitrogens with one attached hydrogen (secondary N) is 1. The van der Waals surface area contributed by atoms with Crippen molar-refractivity contribution in [3.8, 4) is 0 Å². The molecule has 2 nitrogen and oxygen atoms in total. The van der Waals surface area contributed by atoms with Crippen LogP contribution in [-0.2, 0) is 6.42 Å². The Balaban J connectivity index is 2.01. The number of hydrogen-bond donors (Lipinski definition) is 1. The number of aryl methyl sites for hydroxylation is 1. The van der Waals surface area contributed by atoms with Crippen LogP contribution in [0.15, 0.2) is 40.3 Å². The first-order valence-corrected chi connectivity index (χ1v) is 7.84. The van der Waals surface area contributed by atoms with E-state index in [1.165, 1.54) is 9.35 Å². The first kappa shape index (κ1) is 13.7. The number of hydrogen-bond acceptors (Lipinski definition) is 3. The normalized spacial score (nSPS) is 12.6. The zero-order valence-electron chi connectivity index (χ0n) is 10.4. The van der Waals surface area contributed by atoms with Gasteiger partial charge >= 0.3 is 0 Å². The largest absolute Gasteiger partial charge is 0.309 e. The molecule has 0 saturated heterocycles. The highest BCUT2D eigenvalue weighted by Crippen LogP contribution is 2.31. The van der Waals surface area contributed by atoms with Gasteiger partial charge < -0.3 is 5.32 Å². The van der Waals surface area contributed by atoms with Crippen LogP contribution in [0.25, 0.3) is 0 Å². The van der Waals surface area contributed by atoms with E-state index in [-0.39, 0.29) is 0 Å². The predicted octanol–water partition coefficient (Wildman–Crippen LogP) is 4.19. The van der Waals surface area contributed by atoms with E-state index in [2.05, 4.69) is 50.7 Å². The van der Waals surface area contributed by atoms with Crippen LogP contribution in [0.2, 0.25) is 0 Å². The first-order chi connectivity index (χ1) is 8.81. The standard InChI is InChI=1S/C14H17BrN2S/c1-2-16-13(14-12(15)8-10-18-14)7-6-11-5-3-4-9-17-11/h3-5,8-10,13,16H,2,6-7H2,1H3. The zero-order chi connectivity index (χ0) is 12.8. The minimum absolute atomic E-state index is 0.409. The minimum Gasteiger partial charge on any atom is -0.309 e. The van der Waals surface area contributed by atoms with Gasteiger partial charge in [0.15, 0.2) is 0 Å². The van der Waals surface area contributed by atoms with E-state index in [0.717, 1.165) is 25.1 Å². The van der Waals surface area contributed by atoms with Gasteiger partial charge in [0.2, 0.25) is 0 Å². The summed E-state index contributed by atoms with van der Waals surface area (Å²) in [5.74, 6) is 0. The van der Waals surface area contributed by atoms with E-state index in [1.54, 1.807) is 11.3 Å². The van der Waals surface area contributed by atoms with Gasteiger partial charge in [0.25, 0.3) is 0 Å². The molecule has 4 heteroatoms. The second-order valence-corrected chi connectivity index (χ2v) is 5.90. The summed E-state index contributed by atoms with van der Waals surface area (Å²) in [5.41, 5.74) is 1.16. The fourth-order valence-electron chi connectivity index (χ4n) is 1.96. The molecule has 2 aromatic rings. The van der Waals surface area contributed by atoms with Crippen LogP contribution in [0, 0.1) is 0 Å². The molecule has 2 heterocycles. The van der Waals surface area contributed by atoms with Crippen molar-refractivity contribution in [1.29, 1.82) is 0 Å². The molecule has 0 aliphatic rings. The molecule has 1 unspecified atom stereocenters. The van der Waals surface area contributed by atoms with Crippen molar-refractivity contribution in [2.45, 2.75) is 25.8 Å². The third-order valence-electron chi connectivity index (χ3n) is 2.83. The highest BCUT2D eigenvalue weighted by molar-refractivity contribution is 9.10. The van der Waals surface area contributed by atoms with E-state index in [9.17, 15) is 0 Å². The molecule has 0 radical (unpaired) electrons. The number of pyridine rings is 1. The Labute approximate surface area is 121 Å². The Morgan fingerprint density at radius 3 is 2.89 bits per heavy atom. The lowest BCUT2D eigenvalue weighted by Crippen LogP contribution is -2.21. The highest BCUT2D eigenvalue weighted by atomic mass is 79.9. The van der Waals surface area contributed by atoms with E-state index >= 15 is 0 Å². The Kier molecular flexibility index (Phi) is 5.35. The van der Waals surface area contributed by atoms with Crippen molar-refractivity contribution in [2.24, 2.45) is 0 Å². The summed E-state index contributed by atoms with van der Waals surface area (Å²) in [6, 6.07) is 8.62. The van der Waals surface area contributed by atoms with Gasteiger partial charge in [-0.3, -0.25) is 4.98 Å². The molecule has 2 rings (SSSR count). The molecule has 0 fully saturated rings. The lowest BCUT2D eigenvalue weighted by molar-refractivity contribution is 0.519. The number of rotatable bonds is 6. The molecule has 2 aromatic heterocycles. The summed E-state index contributed by atoms with van der Waals surface area (Å²) in [6.45, 7) is 3.13. The molecule has 0 bridgehead atoms. The summed E-state index contributed by atoms with van der Waals surface area (Å²) in [4.78, 5) is 5.76. The summed E-state index contributed by atoms with van der Waals surface area (Å²) in [6.07, 6.45) is 3.94. The molecule has 1 N–H and O–H groups in total. The average Bonchev–Trinajstić information content (AvgIpc) is 2.82. The topological polar surface area (TPSA) is 24.9 Å². The maximum absolute atomic E-state index is 4.38. The third-order valence-corrected chi connectivity index (χ3v) is 4.81. The number of thiophene rings is 1. The first-order valence-electron chi connectivity index (χ1n) is 6.17. The van der Waals surface area contributed by atoms with Gasteiger partial charge in [-0.05, 0) is 58.9 Å². The second kappa shape index (κ2) is 7.02. The van der Waals surface area contributed by atoms with Gasteiger partial charge in [-0.15, -0.1) is 11.3 Å². The van der Waals surface area contributed by atoms with Gasteiger partial charge in [-0.1, -0.05) is 13.0 Å². The van der Waals surface area contributed by atoms with Crippen LogP contribution in [0.3, 0.4) is 0 Å². The van der Waals surface area contributed by atoms with Crippen LogP contribution in [0.1, 0.15) is 30.0 Å². The summed E-state index contributed by atoms with van der Waals surface area (Å²) >= 11 is 5.42. The van der Waals surface area contributed by atoms with Gasteiger partial charge in [0, 0.05) is 27.3 Å². The van der Waals surface area contributed by atoms with Crippen LogP contribution < -0.4 is 5.32 Å². The van der Waals surface area contributed by atoms with E-state index in [0.29, 0.717) is 6.04 Å². The predicted molar refractivity (Wildman–Crippen MR) is 81.0 cm³/mol. The van der Waals surface area contributed by atoms with Gasteiger partial charge in [0.1, 0.15) is 0 Å². The van der Waals surface area contributed by atoms with Crippen LogP contribution in [-0.4, -0.2) is 11.5 Å². The molecule has 0 saturated carbocycles. The van der Waals surface area contributed by atoms with Crippen LogP contribution >= 0.6 is 27.3 Å². The fraction of sp³-hybridized carbons (Fsp3) is 0.357. The van der Waals surface area contributed by atoms with Crippen molar-refractivity contribution < 1.29 is 0 Å². The molecule has 0 aromatic carbocycles. The molecular formula is C14H17BrN2S. The smallest absolute Gasteiger partial charge is 0.0429 e. The highest BCUT2D eigenvalue weighted by Gasteiger charge is 2.14. The Bertz CT molecular complexity index is 470. The average molecular weight is 325 g/mol. The molecule has 18 heavy (non-hydrogen) atoms. The van der Waals surface area contributed by atoms with Crippen molar-refractivity contribution in [1.82, 2.24) is 10.3 Å². The monoisotopic (exact) mass is 324 g/mol. The quantitative estimate of drug-likeness (QED) is 0.861. The summed E-state index contributed by atoms with van der Waals surface area (Å²) < 4.78 is 1.21. The van der Waals surface area contributed by atoms with Gasteiger partial charge in [0.05, 0.1) is 0 Å². The Hall–Kier alpha value is -0.710. The lowest BCUT2D eigenvalue weighted by Gasteiger charge is -2.17. The van der Waals surface area contributed by atoms with Gasteiger partial charge in [-0.2, -0.15) is 0 Å². The van der Waals surface area contributed by atoms with Crippen molar-refractivity contribution >= 4 is 27.3 Å². The molecule has 0 amide bonds. The Morgan fingerprint density at radius 2 is 2.28 bits per heavy atom. The molecule has 0 aliphatic carbocycles. The molecule has 96 valence electrons. The van der Waals surface area contributed by atoms with E-state index in [1.807, 2.05) is 18.3 Å². The molecule has 0 spiro atoms. The number of nitrogens with zero attached hydrogens (tertiary/aromatic N) is 1. The Morgan fingerprint density at radius 1 is 1.39 bits per heavy atom. The van der Waals surface area contributed by atoms with Crippen molar-refractivity contribution in [3.05, 3.63) is 50.9 Å². The molecule has 0 aliphatic heterocycles. The molecular weight excluding hydrogens is 308 g/mol. The zero-order valence-corrected chi connectivity index (χ0v) is 12.8. The van der Waals surface area contributed by atoms with Crippen LogP contribution in [0.5, 0.6) is 0 Å². The maximum Gasteiger partial charge on any atom is 0.0429 e. The summed E-state index contributed by atoms with van der Waals surface area (Å²) in [7, 11) is 0. The third kappa shape index (κ3) is 3.64. The number of aromatic nitrogens is 1. The SMILES string of the molecule is CCNC(CCc1ccccn1)c1sccc1Br. The minimum atomic E-state index is 0.409.